The number of amides is 1. The van der Waals surface area contributed by atoms with Crippen LogP contribution in [0.1, 0.15) is 17.5 Å². The second-order valence-electron chi connectivity index (χ2n) is 6.96. The van der Waals surface area contributed by atoms with Gasteiger partial charge in [0.2, 0.25) is 5.91 Å². The number of carbonyl (C=O) groups is 2. The second-order valence-corrected chi connectivity index (χ2v) is 6.96. The van der Waals surface area contributed by atoms with Gasteiger partial charge in [-0.15, -0.1) is 0 Å². The van der Waals surface area contributed by atoms with Gasteiger partial charge in [-0.2, -0.15) is 0 Å². The Hall–Kier alpha value is -1.68. The zero-order valence-electron chi connectivity index (χ0n) is 12.1. The average Bonchev–Trinajstić information content (AvgIpc) is 3.12. The molecule has 0 aromatic heterocycles. The van der Waals surface area contributed by atoms with Gasteiger partial charge < -0.3 is 9.64 Å². The Kier molecular flexibility index (Phi) is 1.92. The predicted molar refractivity (Wildman–Crippen MR) is 74.1 cm³/mol. The van der Waals surface area contributed by atoms with Crippen LogP contribution in [0.4, 0.5) is 0 Å². The van der Waals surface area contributed by atoms with Crippen LogP contribution >= 0.6 is 0 Å². The molecule has 108 valence electrons. The number of Topliss-reactive ketones (excluding diaryl/α,β-unsaturated/α-hetero) is 1. The number of benzene rings is 1. The van der Waals surface area contributed by atoms with Crippen LogP contribution in [0.5, 0.6) is 0 Å². The number of aryl methyl sites for hydroxylation is 1. The van der Waals surface area contributed by atoms with E-state index in [-0.39, 0.29) is 41.5 Å². The summed E-state index contributed by atoms with van der Waals surface area (Å²) in [4.78, 5) is 26.9. The van der Waals surface area contributed by atoms with Gasteiger partial charge in [0.25, 0.3) is 0 Å². The molecular weight excluding hydrogens is 266 g/mol. The van der Waals surface area contributed by atoms with E-state index < -0.39 is 5.72 Å². The van der Waals surface area contributed by atoms with Gasteiger partial charge in [-0.05, 0) is 13.3 Å². The minimum absolute atomic E-state index is 0.0829. The van der Waals surface area contributed by atoms with Gasteiger partial charge in [-0.1, -0.05) is 29.8 Å². The van der Waals surface area contributed by atoms with E-state index in [1.165, 1.54) is 5.56 Å². The van der Waals surface area contributed by atoms with Crippen molar-refractivity contribution >= 4 is 11.7 Å². The maximum absolute atomic E-state index is 12.7. The van der Waals surface area contributed by atoms with Crippen molar-refractivity contribution in [3.63, 3.8) is 0 Å². The van der Waals surface area contributed by atoms with Crippen molar-refractivity contribution in [1.29, 1.82) is 0 Å². The average molecular weight is 283 g/mol. The van der Waals surface area contributed by atoms with Crippen molar-refractivity contribution in [3.8, 4) is 0 Å². The highest BCUT2D eigenvalue weighted by molar-refractivity contribution is 5.98. The molecule has 2 saturated heterocycles. The molecule has 4 fully saturated rings. The van der Waals surface area contributed by atoms with Crippen molar-refractivity contribution < 1.29 is 14.3 Å². The summed E-state index contributed by atoms with van der Waals surface area (Å²) >= 11 is 0. The topological polar surface area (TPSA) is 46.6 Å². The molecule has 6 unspecified atom stereocenters. The zero-order chi connectivity index (χ0) is 14.5. The molecule has 4 nitrogen and oxygen atoms in total. The van der Waals surface area contributed by atoms with Gasteiger partial charge in [-0.3, -0.25) is 9.59 Å². The minimum Gasteiger partial charge on any atom is -0.340 e. The van der Waals surface area contributed by atoms with E-state index in [0.29, 0.717) is 0 Å². The van der Waals surface area contributed by atoms with Crippen molar-refractivity contribution in [2.24, 2.45) is 23.7 Å². The van der Waals surface area contributed by atoms with Crippen molar-refractivity contribution in [1.82, 2.24) is 4.90 Å². The number of ether oxygens (including phenoxy) is 1. The van der Waals surface area contributed by atoms with Gasteiger partial charge in [0.1, 0.15) is 6.10 Å². The van der Waals surface area contributed by atoms with Crippen molar-refractivity contribution in [3.05, 3.63) is 35.4 Å². The lowest BCUT2D eigenvalue weighted by Crippen LogP contribution is -2.45. The Morgan fingerprint density at radius 2 is 1.95 bits per heavy atom. The lowest BCUT2D eigenvalue weighted by molar-refractivity contribution is -0.169. The number of carbonyl (C=O) groups excluding carboxylic acids is 2. The summed E-state index contributed by atoms with van der Waals surface area (Å²) < 4.78 is 6.29. The first kappa shape index (κ1) is 11.9. The fourth-order valence-corrected chi connectivity index (χ4v) is 5.34. The first-order chi connectivity index (χ1) is 10.1. The predicted octanol–water partition coefficient (Wildman–Crippen LogP) is 1.47. The molecule has 2 bridgehead atoms. The maximum Gasteiger partial charge on any atom is 0.229 e. The van der Waals surface area contributed by atoms with E-state index >= 15 is 0 Å². The molecule has 0 radical (unpaired) electrons. The Labute approximate surface area is 123 Å². The molecule has 5 rings (SSSR count). The van der Waals surface area contributed by atoms with Crippen LogP contribution in [-0.4, -0.2) is 29.7 Å². The number of fused-ring (bicyclic) bond motifs is 2. The molecule has 0 N–H and O–H groups in total. The molecule has 21 heavy (non-hydrogen) atoms. The quantitative estimate of drug-likeness (QED) is 0.784. The number of nitrogens with zero attached hydrogens (tertiary/aromatic N) is 1. The van der Waals surface area contributed by atoms with E-state index in [4.69, 9.17) is 4.74 Å². The third-order valence-electron chi connectivity index (χ3n) is 6.18. The van der Waals surface area contributed by atoms with Crippen molar-refractivity contribution in [2.45, 2.75) is 25.2 Å². The lowest BCUT2D eigenvalue weighted by atomic mass is 9.76. The van der Waals surface area contributed by atoms with Gasteiger partial charge >= 0.3 is 0 Å². The van der Waals surface area contributed by atoms with Crippen LogP contribution in [-0.2, 0) is 20.1 Å². The fourth-order valence-electron chi connectivity index (χ4n) is 5.34. The van der Waals surface area contributed by atoms with Gasteiger partial charge in [0.15, 0.2) is 11.5 Å². The smallest absolute Gasteiger partial charge is 0.229 e. The van der Waals surface area contributed by atoms with Crippen LogP contribution < -0.4 is 0 Å². The Bertz CT molecular complexity index is 682. The summed E-state index contributed by atoms with van der Waals surface area (Å²) in [5.74, 6) is 0.353. The Balaban J connectivity index is 1.74. The highest BCUT2D eigenvalue weighted by Crippen LogP contribution is 2.68. The Morgan fingerprint density at radius 1 is 1.24 bits per heavy atom. The first-order valence-corrected chi connectivity index (χ1v) is 7.62. The molecule has 2 saturated carbocycles. The highest BCUT2D eigenvalue weighted by atomic mass is 16.5. The largest absolute Gasteiger partial charge is 0.340 e. The molecule has 6 atom stereocenters. The summed E-state index contributed by atoms with van der Waals surface area (Å²) in [6.07, 6.45) is 0.541. The van der Waals surface area contributed by atoms with Crippen LogP contribution in [0, 0.1) is 30.6 Å². The third kappa shape index (κ3) is 1.08. The molecule has 1 aromatic rings. The summed E-state index contributed by atoms with van der Waals surface area (Å²) in [5, 5.41) is 0. The van der Waals surface area contributed by atoms with E-state index in [0.717, 1.165) is 12.0 Å². The molecule has 1 amide bonds. The molecule has 4 aliphatic rings. The summed E-state index contributed by atoms with van der Waals surface area (Å²) in [6.45, 7) is 2.04. The summed E-state index contributed by atoms with van der Waals surface area (Å²) in [6, 6.07) is 8.19. The summed E-state index contributed by atoms with van der Waals surface area (Å²) in [7, 11) is 1.83. The summed E-state index contributed by atoms with van der Waals surface area (Å²) in [5.41, 5.74) is 1.48. The van der Waals surface area contributed by atoms with Crippen LogP contribution in [0.3, 0.4) is 0 Å². The molecule has 2 aliphatic carbocycles. The molecular formula is C17H17NO3. The molecule has 0 spiro atoms. The molecule has 2 aliphatic heterocycles. The second kappa shape index (κ2) is 3.38. The van der Waals surface area contributed by atoms with Gasteiger partial charge in [0.05, 0.1) is 5.92 Å². The van der Waals surface area contributed by atoms with Gasteiger partial charge in [0, 0.05) is 30.4 Å². The van der Waals surface area contributed by atoms with Crippen LogP contribution in [0.25, 0.3) is 0 Å². The number of rotatable bonds is 1. The zero-order valence-corrected chi connectivity index (χ0v) is 12.1. The van der Waals surface area contributed by atoms with Crippen molar-refractivity contribution in [2.75, 3.05) is 7.05 Å². The highest BCUT2D eigenvalue weighted by Gasteiger charge is 2.78. The number of hydrogen-bond acceptors (Lipinski definition) is 3. The monoisotopic (exact) mass is 283 g/mol. The minimum atomic E-state index is -0.717. The molecule has 1 aromatic carbocycles. The van der Waals surface area contributed by atoms with Crippen LogP contribution in [0.15, 0.2) is 24.3 Å². The number of hydrogen-bond donors (Lipinski definition) is 0. The number of ketones is 1. The number of likely N-dealkylation sites (tertiary alicyclic amines) is 1. The fraction of sp³-hybridized carbons (Fsp3) is 0.529. The Morgan fingerprint density at radius 3 is 2.67 bits per heavy atom. The lowest BCUT2D eigenvalue weighted by Gasteiger charge is -2.36. The van der Waals surface area contributed by atoms with E-state index in [1.54, 1.807) is 4.90 Å². The van der Waals surface area contributed by atoms with E-state index in [9.17, 15) is 9.59 Å². The van der Waals surface area contributed by atoms with Gasteiger partial charge in [-0.25, -0.2) is 0 Å². The van der Waals surface area contributed by atoms with E-state index in [1.807, 2.05) is 38.2 Å². The third-order valence-corrected chi connectivity index (χ3v) is 6.18. The maximum atomic E-state index is 12.7. The molecule has 4 heteroatoms. The SMILES string of the molecule is Cc1ccc(C23OC4C(=O)C5CC4C2C5C(=O)N3C)cc1. The first-order valence-electron chi connectivity index (χ1n) is 7.62. The van der Waals surface area contributed by atoms with E-state index in [2.05, 4.69) is 0 Å². The standard InChI is InChI=1S/C17H17NO3/c1-8-3-5-9(6-4-8)17-13-11-7-10(14(19)15(11)21-17)12(13)16(20)18(17)2/h3-6,10-13,15H,7H2,1-2H3. The van der Waals surface area contributed by atoms with Crippen LogP contribution in [0.2, 0.25) is 0 Å². The molecule has 2 heterocycles. The normalized spacial score (nSPS) is 46.0.